The van der Waals surface area contributed by atoms with Crippen LogP contribution in [0.25, 0.3) is 5.69 Å². The Kier molecular flexibility index (Phi) is 4.91. The molecule has 3 rings (SSSR count). The van der Waals surface area contributed by atoms with E-state index in [-0.39, 0.29) is 6.54 Å². The van der Waals surface area contributed by atoms with Gasteiger partial charge in [0, 0.05) is 18.9 Å². The molecule has 3 aromatic rings. The van der Waals surface area contributed by atoms with Gasteiger partial charge in [-0.15, -0.1) is 0 Å². The predicted octanol–water partition coefficient (Wildman–Crippen LogP) is 2.67. The molecule has 1 N–H and O–H groups in total. The van der Waals surface area contributed by atoms with E-state index in [0.717, 1.165) is 23.4 Å². The number of rotatable bonds is 6. The highest BCUT2D eigenvalue weighted by Crippen LogP contribution is 2.15. The monoisotopic (exact) mass is 363 g/mol. The molecule has 8 heteroatoms. The lowest BCUT2D eigenvalue weighted by Crippen LogP contribution is -2.27. The lowest BCUT2D eigenvalue weighted by Gasteiger charge is -2.08. The molecule has 25 heavy (non-hydrogen) atoms. The van der Waals surface area contributed by atoms with E-state index in [1.807, 2.05) is 36.5 Å². The van der Waals surface area contributed by atoms with Crippen molar-refractivity contribution in [3.8, 4) is 5.69 Å². The second-order valence-corrected chi connectivity index (χ2v) is 7.07. The molecule has 0 spiro atoms. The van der Waals surface area contributed by atoms with Crippen LogP contribution < -0.4 is 4.72 Å². The van der Waals surface area contributed by atoms with Gasteiger partial charge in [-0.25, -0.2) is 26.6 Å². The molecule has 5 nitrogen and oxygen atoms in total. The number of hydrogen-bond acceptors (Lipinski definition) is 3. The second-order valence-electron chi connectivity index (χ2n) is 5.34. The van der Waals surface area contributed by atoms with Crippen molar-refractivity contribution in [2.24, 2.45) is 0 Å². The maximum Gasteiger partial charge on any atom is 0.243 e. The Morgan fingerprint density at radius 3 is 2.52 bits per heavy atom. The fourth-order valence-electron chi connectivity index (χ4n) is 2.33. The van der Waals surface area contributed by atoms with Gasteiger partial charge in [0.1, 0.15) is 16.5 Å². The summed E-state index contributed by atoms with van der Waals surface area (Å²) < 4.78 is 54.9. The van der Waals surface area contributed by atoms with Crippen LogP contribution >= 0.6 is 0 Å². The van der Waals surface area contributed by atoms with E-state index in [1.54, 1.807) is 10.9 Å². The van der Waals surface area contributed by atoms with Crippen molar-refractivity contribution in [2.75, 3.05) is 6.54 Å². The summed E-state index contributed by atoms with van der Waals surface area (Å²) in [5.74, 6) is -1.80. The Hall–Kier alpha value is -2.58. The van der Waals surface area contributed by atoms with E-state index in [4.69, 9.17) is 0 Å². The zero-order valence-corrected chi connectivity index (χ0v) is 13.9. The number of halogens is 2. The van der Waals surface area contributed by atoms with E-state index in [1.165, 1.54) is 0 Å². The summed E-state index contributed by atoms with van der Waals surface area (Å²) >= 11 is 0. The number of aromatic nitrogens is 2. The van der Waals surface area contributed by atoms with Crippen molar-refractivity contribution in [3.05, 3.63) is 78.1 Å². The minimum absolute atomic E-state index is 0.0689. The lowest BCUT2D eigenvalue weighted by atomic mass is 10.1. The van der Waals surface area contributed by atoms with Gasteiger partial charge in [0.05, 0.1) is 5.69 Å². The normalized spacial score (nSPS) is 11.6. The summed E-state index contributed by atoms with van der Waals surface area (Å²) in [5, 5.41) is 4.12. The summed E-state index contributed by atoms with van der Waals surface area (Å²) in [6.45, 7) is 0.0689. The van der Waals surface area contributed by atoms with Gasteiger partial charge in [0.15, 0.2) is 0 Å². The highest BCUT2D eigenvalue weighted by molar-refractivity contribution is 7.89. The first kappa shape index (κ1) is 17.2. The molecule has 0 atom stereocenters. The van der Waals surface area contributed by atoms with Crippen LogP contribution in [0.3, 0.4) is 0 Å². The molecule has 0 aliphatic carbocycles. The summed E-state index contributed by atoms with van der Waals surface area (Å²) in [4.78, 5) is -0.693. The first-order valence-corrected chi connectivity index (χ1v) is 8.98. The molecule has 0 bridgehead atoms. The second kappa shape index (κ2) is 7.12. The third-order valence-corrected chi connectivity index (χ3v) is 5.07. The van der Waals surface area contributed by atoms with Crippen LogP contribution in [0.1, 0.15) is 5.56 Å². The molecule has 130 valence electrons. The van der Waals surface area contributed by atoms with Gasteiger partial charge in [-0.2, -0.15) is 5.10 Å². The third kappa shape index (κ3) is 4.09. The molecule has 0 saturated carbocycles. The zero-order chi connectivity index (χ0) is 17.9. The van der Waals surface area contributed by atoms with Crippen LogP contribution in [0.4, 0.5) is 8.78 Å². The average molecular weight is 363 g/mol. The molecule has 0 radical (unpaired) electrons. The van der Waals surface area contributed by atoms with Gasteiger partial charge >= 0.3 is 0 Å². The Morgan fingerprint density at radius 2 is 1.84 bits per heavy atom. The molecule has 0 unspecified atom stereocenters. The van der Waals surface area contributed by atoms with Crippen molar-refractivity contribution in [1.82, 2.24) is 14.5 Å². The van der Waals surface area contributed by atoms with E-state index < -0.39 is 26.6 Å². The Balaban J connectivity index is 1.63. The number of nitrogens with one attached hydrogen (secondary N) is 1. The third-order valence-electron chi connectivity index (χ3n) is 3.59. The van der Waals surface area contributed by atoms with E-state index in [2.05, 4.69) is 9.82 Å². The van der Waals surface area contributed by atoms with E-state index in [9.17, 15) is 17.2 Å². The van der Waals surface area contributed by atoms with Gasteiger partial charge in [0.25, 0.3) is 0 Å². The minimum Gasteiger partial charge on any atom is -0.241 e. The fourth-order valence-corrected chi connectivity index (χ4v) is 3.45. The Morgan fingerprint density at radius 1 is 1.08 bits per heavy atom. The molecule has 1 aromatic heterocycles. The quantitative estimate of drug-likeness (QED) is 0.732. The molecule has 0 aliphatic rings. The van der Waals surface area contributed by atoms with Crippen molar-refractivity contribution >= 4 is 10.0 Å². The van der Waals surface area contributed by atoms with Crippen molar-refractivity contribution in [2.45, 2.75) is 11.3 Å². The molecular formula is C17H15F2N3O2S. The van der Waals surface area contributed by atoms with E-state index in [0.29, 0.717) is 12.5 Å². The molecule has 0 aliphatic heterocycles. The largest absolute Gasteiger partial charge is 0.243 e. The van der Waals surface area contributed by atoms with Crippen molar-refractivity contribution in [3.63, 3.8) is 0 Å². The summed E-state index contributed by atoms with van der Waals surface area (Å²) in [6, 6.07) is 11.6. The van der Waals surface area contributed by atoms with Gasteiger partial charge in [-0.05, 0) is 48.4 Å². The van der Waals surface area contributed by atoms with Gasteiger partial charge in [-0.3, -0.25) is 0 Å². The van der Waals surface area contributed by atoms with Gasteiger partial charge < -0.3 is 0 Å². The zero-order valence-electron chi connectivity index (χ0n) is 13.1. The van der Waals surface area contributed by atoms with Crippen LogP contribution in [-0.4, -0.2) is 24.7 Å². The molecule has 2 aromatic carbocycles. The van der Waals surface area contributed by atoms with E-state index >= 15 is 0 Å². The Bertz CT molecular complexity index is 956. The number of benzene rings is 2. The topological polar surface area (TPSA) is 64.0 Å². The highest BCUT2D eigenvalue weighted by Gasteiger charge is 2.19. The standard InChI is InChI=1S/C17H15F2N3O2S/c18-14-4-7-16(19)17(12-14)25(23,24)21-10-8-13-2-5-15(6-3-13)22-11-1-9-20-22/h1-7,9,11-12,21H,8,10H2. The van der Waals surface area contributed by atoms with Crippen molar-refractivity contribution < 1.29 is 17.2 Å². The number of sulfonamides is 1. The summed E-state index contributed by atoms with van der Waals surface area (Å²) in [6.07, 6.45) is 3.90. The number of nitrogens with zero attached hydrogens (tertiary/aromatic N) is 2. The predicted molar refractivity (Wildman–Crippen MR) is 88.8 cm³/mol. The SMILES string of the molecule is O=S(=O)(NCCc1ccc(-n2cccn2)cc1)c1cc(F)ccc1F. The smallest absolute Gasteiger partial charge is 0.241 e. The van der Waals surface area contributed by atoms with Crippen LogP contribution in [-0.2, 0) is 16.4 Å². The first-order valence-electron chi connectivity index (χ1n) is 7.49. The highest BCUT2D eigenvalue weighted by atomic mass is 32.2. The molecule has 0 saturated heterocycles. The molecule has 0 fully saturated rings. The van der Waals surface area contributed by atoms with Crippen LogP contribution in [0, 0.1) is 11.6 Å². The van der Waals surface area contributed by atoms with Crippen molar-refractivity contribution in [1.29, 1.82) is 0 Å². The molecule has 1 heterocycles. The fraction of sp³-hybridized carbons (Fsp3) is 0.118. The van der Waals surface area contributed by atoms with Crippen LogP contribution in [0.15, 0.2) is 65.8 Å². The maximum absolute atomic E-state index is 13.6. The molecular weight excluding hydrogens is 348 g/mol. The minimum atomic E-state index is -4.11. The number of hydrogen-bond donors (Lipinski definition) is 1. The maximum atomic E-state index is 13.6. The average Bonchev–Trinajstić information content (AvgIpc) is 3.12. The van der Waals surface area contributed by atoms with Crippen LogP contribution in [0.2, 0.25) is 0 Å². The van der Waals surface area contributed by atoms with Gasteiger partial charge in [-0.1, -0.05) is 12.1 Å². The Labute approximate surface area is 144 Å². The lowest BCUT2D eigenvalue weighted by molar-refractivity contribution is 0.546. The summed E-state index contributed by atoms with van der Waals surface area (Å²) in [7, 11) is -4.11. The van der Waals surface area contributed by atoms with Crippen LogP contribution in [0.5, 0.6) is 0 Å². The molecule has 0 amide bonds. The first-order chi connectivity index (χ1) is 12.0. The summed E-state index contributed by atoms with van der Waals surface area (Å²) in [5.41, 5.74) is 1.79. The van der Waals surface area contributed by atoms with Gasteiger partial charge in [0.2, 0.25) is 10.0 Å².